The SMILES string of the molecule is CC1(C)CC2(CCCN2C(=O)c2ccccc2Cl)CN1c1cccc(F)c1. The number of amides is 1. The summed E-state index contributed by atoms with van der Waals surface area (Å²) in [6.07, 6.45) is 2.79. The van der Waals surface area contributed by atoms with Crippen LogP contribution in [0.25, 0.3) is 0 Å². The number of carbonyl (C=O) groups excluding carboxylic acids is 1. The minimum absolute atomic E-state index is 0.00464. The summed E-state index contributed by atoms with van der Waals surface area (Å²) in [5, 5.41) is 0.490. The summed E-state index contributed by atoms with van der Waals surface area (Å²) in [6, 6.07) is 14.0. The monoisotopic (exact) mass is 386 g/mol. The van der Waals surface area contributed by atoms with Gasteiger partial charge >= 0.3 is 0 Å². The molecular weight excluding hydrogens is 363 g/mol. The summed E-state index contributed by atoms with van der Waals surface area (Å²) in [6.45, 7) is 5.78. The number of likely N-dealkylation sites (tertiary alicyclic amines) is 1. The van der Waals surface area contributed by atoms with Crippen LogP contribution in [0.1, 0.15) is 43.5 Å². The predicted molar refractivity (Wildman–Crippen MR) is 107 cm³/mol. The van der Waals surface area contributed by atoms with Crippen molar-refractivity contribution in [3.63, 3.8) is 0 Å². The van der Waals surface area contributed by atoms with Crippen molar-refractivity contribution >= 4 is 23.2 Å². The molecule has 1 atom stereocenters. The van der Waals surface area contributed by atoms with Gasteiger partial charge in [-0.05, 0) is 63.4 Å². The largest absolute Gasteiger partial charge is 0.364 e. The molecule has 0 bridgehead atoms. The Morgan fingerprint density at radius 2 is 1.93 bits per heavy atom. The topological polar surface area (TPSA) is 23.6 Å². The number of benzene rings is 2. The van der Waals surface area contributed by atoms with Gasteiger partial charge in [0.2, 0.25) is 0 Å². The second-order valence-corrected chi connectivity index (χ2v) is 8.73. The average molecular weight is 387 g/mol. The highest BCUT2D eigenvalue weighted by Gasteiger charge is 2.55. The second-order valence-electron chi connectivity index (χ2n) is 8.32. The van der Waals surface area contributed by atoms with Gasteiger partial charge in [-0.3, -0.25) is 4.79 Å². The number of hydrogen-bond acceptors (Lipinski definition) is 2. The minimum Gasteiger partial charge on any atom is -0.364 e. The molecule has 2 aromatic carbocycles. The first-order valence-corrected chi connectivity index (χ1v) is 9.80. The van der Waals surface area contributed by atoms with Gasteiger partial charge in [-0.15, -0.1) is 0 Å². The van der Waals surface area contributed by atoms with Crippen molar-refractivity contribution in [1.29, 1.82) is 0 Å². The van der Waals surface area contributed by atoms with Crippen LogP contribution in [-0.2, 0) is 0 Å². The molecule has 1 unspecified atom stereocenters. The molecular formula is C22H24ClFN2O. The van der Waals surface area contributed by atoms with E-state index in [0.717, 1.165) is 31.5 Å². The lowest BCUT2D eigenvalue weighted by molar-refractivity contribution is 0.0617. The quantitative estimate of drug-likeness (QED) is 0.713. The minimum atomic E-state index is -0.244. The first-order valence-electron chi connectivity index (χ1n) is 9.42. The summed E-state index contributed by atoms with van der Waals surface area (Å²) >= 11 is 6.29. The first-order chi connectivity index (χ1) is 12.8. The molecule has 142 valence electrons. The van der Waals surface area contributed by atoms with Crippen LogP contribution in [0.4, 0.5) is 10.1 Å². The molecule has 2 aliphatic rings. The molecule has 1 spiro atoms. The summed E-state index contributed by atoms with van der Waals surface area (Å²) in [5.41, 5.74) is 1.01. The van der Waals surface area contributed by atoms with Gasteiger partial charge in [-0.1, -0.05) is 29.8 Å². The van der Waals surface area contributed by atoms with Gasteiger partial charge in [0.05, 0.1) is 16.1 Å². The van der Waals surface area contributed by atoms with Crippen molar-refractivity contribution in [1.82, 2.24) is 4.90 Å². The Labute approximate surface area is 164 Å². The predicted octanol–water partition coefficient (Wildman–Crippen LogP) is 5.14. The van der Waals surface area contributed by atoms with Gasteiger partial charge in [0.15, 0.2) is 0 Å². The van der Waals surface area contributed by atoms with Crippen LogP contribution in [0.2, 0.25) is 5.02 Å². The zero-order chi connectivity index (χ0) is 19.2. The lowest BCUT2D eigenvalue weighted by atomic mass is 9.87. The molecule has 0 N–H and O–H groups in total. The Morgan fingerprint density at radius 1 is 1.15 bits per heavy atom. The van der Waals surface area contributed by atoms with E-state index in [4.69, 9.17) is 11.6 Å². The Balaban J connectivity index is 1.68. The summed E-state index contributed by atoms with van der Waals surface area (Å²) in [4.78, 5) is 17.6. The van der Waals surface area contributed by atoms with Crippen LogP contribution in [0.15, 0.2) is 48.5 Å². The van der Waals surface area contributed by atoms with Crippen LogP contribution in [0, 0.1) is 5.82 Å². The molecule has 2 saturated heterocycles. The van der Waals surface area contributed by atoms with Gasteiger partial charge in [0.1, 0.15) is 5.82 Å². The molecule has 27 heavy (non-hydrogen) atoms. The number of anilines is 1. The molecule has 2 aromatic rings. The van der Waals surface area contributed by atoms with E-state index in [9.17, 15) is 9.18 Å². The van der Waals surface area contributed by atoms with Crippen molar-refractivity contribution in [2.24, 2.45) is 0 Å². The molecule has 2 aliphatic heterocycles. The zero-order valence-corrected chi connectivity index (χ0v) is 16.5. The van der Waals surface area contributed by atoms with E-state index in [-0.39, 0.29) is 22.8 Å². The van der Waals surface area contributed by atoms with Crippen molar-refractivity contribution in [3.05, 3.63) is 64.9 Å². The first kappa shape index (κ1) is 18.3. The zero-order valence-electron chi connectivity index (χ0n) is 15.7. The molecule has 0 radical (unpaired) electrons. The Bertz CT molecular complexity index is 884. The second kappa shape index (κ2) is 6.52. The van der Waals surface area contributed by atoms with Gasteiger partial charge in [0.25, 0.3) is 5.91 Å². The summed E-state index contributed by atoms with van der Waals surface area (Å²) in [7, 11) is 0. The number of nitrogens with zero attached hydrogens (tertiary/aromatic N) is 2. The van der Waals surface area contributed by atoms with Gasteiger partial charge < -0.3 is 9.80 Å². The lowest BCUT2D eigenvalue weighted by Crippen LogP contribution is -2.49. The van der Waals surface area contributed by atoms with E-state index in [0.29, 0.717) is 17.1 Å². The van der Waals surface area contributed by atoms with Gasteiger partial charge in [-0.25, -0.2) is 4.39 Å². The number of halogens is 2. The number of carbonyl (C=O) groups is 1. The van der Waals surface area contributed by atoms with Crippen LogP contribution in [-0.4, -0.2) is 35.0 Å². The van der Waals surface area contributed by atoms with Crippen molar-refractivity contribution in [3.8, 4) is 0 Å². The molecule has 0 saturated carbocycles. The molecule has 2 fully saturated rings. The summed E-state index contributed by atoms with van der Waals surface area (Å²) in [5.74, 6) is -0.241. The fourth-order valence-electron chi connectivity index (χ4n) is 4.93. The average Bonchev–Trinajstić information content (AvgIpc) is 3.14. The van der Waals surface area contributed by atoms with Crippen LogP contribution in [0.3, 0.4) is 0 Å². The van der Waals surface area contributed by atoms with Crippen LogP contribution >= 0.6 is 11.6 Å². The highest BCUT2D eigenvalue weighted by molar-refractivity contribution is 6.33. The van der Waals surface area contributed by atoms with Gasteiger partial charge in [0, 0.05) is 24.3 Å². The van der Waals surface area contributed by atoms with E-state index in [1.807, 2.05) is 23.1 Å². The fraction of sp³-hybridized carbons (Fsp3) is 0.409. The molecule has 1 amide bonds. The Hall–Kier alpha value is -2.07. The molecule has 0 aliphatic carbocycles. The van der Waals surface area contributed by atoms with Crippen molar-refractivity contribution in [2.45, 2.75) is 44.2 Å². The van der Waals surface area contributed by atoms with E-state index >= 15 is 0 Å². The Morgan fingerprint density at radius 3 is 2.67 bits per heavy atom. The molecule has 3 nitrogen and oxygen atoms in total. The van der Waals surface area contributed by atoms with Gasteiger partial charge in [-0.2, -0.15) is 0 Å². The highest BCUT2D eigenvalue weighted by Crippen LogP contribution is 2.47. The highest BCUT2D eigenvalue weighted by atomic mass is 35.5. The molecule has 4 rings (SSSR count). The normalized spacial score (nSPS) is 24.0. The third-order valence-electron chi connectivity index (χ3n) is 6.01. The molecule has 5 heteroatoms. The van der Waals surface area contributed by atoms with E-state index in [1.54, 1.807) is 24.3 Å². The maximum atomic E-state index is 13.8. The molecule has 0 aromatic heterocycles. The Kier molecular flexibility index (Phi) is 4.42. The van der Waals surface area contributed by atoms with E-state index in [2.05, 4.69) is 18.7 Å². The number of hydrogen-bond donors (Lipinski definition) is 0. The van der Waals surface area contributed by atoms with E-state index < -0.39 is 0 Å². The van der Waals surface area contributed by atoms with Crippen molar-refractivity contribution in [2.75, 3.05) is 18.0 Å². The number of rotatable bonds is 2. The molecule has 2 heterocycles. The smallest absolute Gasteiger partial charge is 0.255 e. The van der Waals surface area contributed by atoms with Crippen LogP contribution < -0.4 is 4.90 Å². The van der Waals surface area contributed by atoms with E-state index in [1.165, 1.54) is 6.07 Å². The van der Waals surface area contributed by atoms with Crippen molar-refractivity contribution < 1.29 is 9.18 Å². The third kappa shape index (κ3) is 3.10. The maximum Gasteiger partial charge on any atom is 0.255 e. The fourth-order valence-corrected chi connectivity index (χ4v) is 5.15. The third-order valence-corrected chi connectivity index (χ3v) is 6.34. The summed E-state index contributed by atoms with van der Waals surface area (Å²) < 4.78 is 13.8. The maximum absolute atomic E-state index is 13.8. The van der Waals surface area contributed by atoms with Crippen LogP contribution in [0.5, 0.6) is 0 Å². The lowest BCUT2D eigenvalue weighted by Gasteiger charge is -2.35. The standard InChI is InChI=1S/C22H24ClFN2O/c1-21(2)14-22(15-26(21)17-8-5-7-16(24)13-17)11-6-12-25(22)20(27)18-9-3-4-10-19(18)23/h3-5,7-10,13H,6,11-12,14-15H2,1-2H3.